The van der Waals surface area contributed by atoms with Gasteiger partial charge in [0, 0.05) is 0 Å². The first-order valence-corrected chi connectivity index (χ1v) is 4.35. The molecular formula is C9H11F2N3O2. The molecule has 1 aromatic rings. The molecule has 0 spiro atoms. The van der Waals surface area contributed by atoms with Gasteiger partial charge in [0.15, 0.2) is 0 Å². The molecule has 88 valence electrons. The molecule has 0 unspecified atom stereocenters. The summed E-state index contributed by atoms with van der Waals surface area (Å²) in [5, 5.41) is 0. The number of aromatic nitrogens is 1. The van der Waals surface area contributed by atoms with Gasteiger partial charge in [0.2, 0.25) is 0 Å². The molecule has 0 amide bonds. The summed E-state index contributed by atoms with van der Waals surface area (Å²) in [6.45, 7) is 0. The van der Waals surface area contributed by atoms with E-state index in [9.17, 15) is 13.6 Å². The third-order valence-corrected chi connectivity index (χ3v) is 1.93. The van der Waals surface area contributed by atoms with Crippen molar-refractivity contribution in [2.45, 2.75) is 12.8 Å². The number of methoxy groups -OCH3 is 1. The normalized spacial score (nSPS) is 10.5. The van der Waals surface area contributed by atoms with Crippen molar-refractivity contribution in [3.63, 3.8) is 0 Å². The van der Waals surface area contributed by atoms with Crippen LogP contribution in [0.5, 0.6) is 0 Å². The van der Waals surface area contributed by atoms with Crippen LogP contribution in [-0.2, 0) is 16.0 Å². The van der Waals surface area contributed by atoms with Crippen LogP contribution in [0.3, 0.4) is 0 Å². The fraction of sp³-hybridized carbons (Fsp3) is 0.333. The number of nitrogens with zero attached hydrogens (tertiary/aromatic N) is 1. The zero-order chi connectivity index (χ0) is 12.3. The Morgan fingerprint density at radius 2 is 2.19 bits per heavy atom. The lowest BCUT2D eigenvalue weighted by atomic mass is 10.2. The SMILES string of the molecule is COC(=O)Cc1cc(N)c(N)c(C(F)F)n1. The Morgan fingerprint density at radius 1 is 1.56 bits per heavy atom. The Labute approximate surface area is 90.4 Å². The first kappa shape index (κ1) is 12.2. The third kappa shape index (κ3) is 2.56. The number of halogens is 2. The number of carbonyl (C=O) groups is 1. The van der Waals surface area contributed by atoms with Crippen LogP contribution >= 0.6 is 0 Å². The molecule has 1 rings (SSSR count). The largest absolute Gasteiger partial charge is 0.469 e. The number of nitrogens with two attached hydrogens (primary N) is 2. The van der Waals surface area contributed by atoms with Gasteiger partial charge in [0.25, 0.3) is 6.43 Å². The van der Waals surface area contributed by atoms with Crippen LogP contribution in [0.25, 0.3) is 0 Å². The quantitative estimate of drug-likeness (QED) is 0.754. The Morgan fingerprint density at radius 3 is 2.69 bits per heavy atom. The second kappa shape index (κ2) is 4.73. The highest BCUT2D eigenvalue weighted by Gasteiger charge is 2.17. The molecule has 0 bridgehead atoms. The lowest BCUT2D eigenvalue weighted by Crippen LogP contribution is -2.10. The summed E-state index contributed by atoms with van der Waals surface area (Å²) < 4.78 is 29.4. The minimum atomic E-state index is -2.83. The summed E-state index contributed by atoms with van der Waals surface area (Å²) >= 11 is 0. The fourth-order valence-electron chi connectivity index (χ4n) is 1.13. The number of ether oxygens (including phenoxy) is 1. The minimum absolute atomic E-state index is 0.0239. The summed E-state index contributed by atoms with van der Waals surface area (Å²) in [6.07, 6.45) is -3.05. The Hall–Kier alpha value is -1.92. The molecule has 0 aliphatic heterocycles. The molecule has 0 radical (unpaired) electrons. The molecule has 4 N–H and O–H groups in total. The van der Waals surface area contributed by atoms with E-state index in [0.717, 1.165) is 0 Å². The van der Waals surface area contributed by atoms with Crippen LogP contribution in [0.4, 0.5) is 20.2 Å². The molecule has 1 aromatic heterocycles. The van der Waals surface area contributed by atoms with Gasteiger partial charge >= 0.3 is 5.97 Å². The summed E-state index contributed by atoms with van der Waals surface area (Å²) in [5.41, 5.74) is 9.97. The van der Waals surface area contributed by atoms with Gasteiger partial charge < -0.3 is 16.2 Å². The summed E-state index contributed by atoms with van der Waals surface area (Å²) in [4.78, 5) is 14.5. The average molecular weight is 231 g/mol. The van der Waals surface area contributed by atoms with E-state index < -0.39 is 18.1 Å². The van der Waals surface area contributed by atoms with Gasteiger partial charge in [-0.05, 0) is 6.07 Å². The maximum absolute atomic E-state index is 12.5. The molecule has 7 heteroatoms. The van der Waals surface area contributed by atoms with Crippen molar-refractivity contribution in [1.82, 2.24) is 4.98 Å². The Balaban J connectivity index is 3.09. The number of carbonyl (C=O) groups excluding carboxylic acids is 1. The number of alkyl halides is 2. The van der Waals surface area contributed by atoms with E-state index in [1.807, 2.05) is 0 Å². The van der Waals surface area contributed by atoms with E-state index in [4.69, 9.17) is 11.5 Å². The van der Waals surface area contributed by atoms with E-state index in [1.54, 1.807) is 0 Å². The van der Waals surface area contributed by atoms with Crippen LogP contribution in [0, 0.1) is 0 Å². The van der Waals surface area contributed by atoms with E-state index in [2.05, 4.69) is 9.72 Å². The number of rotatable bonds is 3. The molecule has 0 aliphatic rings. The molecule has 1 heterocycles. The molecule has 0 aromatic carbocycles. The topological polar surface area (TPSA) is 91.2 Å². The van der Waals surface area contributed by atoms with Gasteiger partial charge in [0.1, 0.15) is 5.69 Å². The first-order chi connectivity index (χ1) is 7.45. The van der Waals surface area contributed by atoms with Crippen molar-refractivity contribution in [3.8, 4) is 0 Å². The third-order valence-electron chi connectivity index (χ3n) is 1.93. The van der Waals surface area contributed by atoms with Crippen molar-refractivity contribution in [2.24, 2.45) is 0 Å². The van der Waals surface area contributed by atoms with Crippen LogP contribution in [0.1, 0.15) is 17.8 Å². The van der Waals surface area contributed by atoms with Crippen LogP contribution in [-0.4, -0.2) is 18.1 Å². The molecule has 0 saturated carbocycles. The molecule has 16 heavy (non-hydrogen) atoms. The summed E-state index contributed by atoms with van der Waals surface area (Å²) in [7, 11) is 1.19. The van der Waals surface area contributed by atoms with Crippen LogP contribution < -0.4 is 11.5 Å². The lowest BCUT2D eigenvalue weighted by molar-refractivity contribution is -0.139. The van der Waals surface area contributed by atoms with Crippen molar-refractivity contribution in [3.05, 3.63) is 17.5 Å². The number of anilines is 2. The zero-order valence-electron chi connectivity index (χ0n) is 8.54. The van der Waals surface area contributed by atoms with E-state index in [0.29, 0.717) is 0 Å². The van der Waals surface area contributed by atoms with Gasteiger partial charge in [-0.1, -0.05) is 0 Å². The van der Waals surface area contributed by atoms with Crippen molar-refractivity contribution in [1.29, 1.82) is 0 Å². The Kier molecular flexibility index (Phi) is 3.60. The minimum Gasteiger partial charge on any atom is -0.469 e. The highest BCUT2D eigenvalue weighted by Crippen LogP contribution is 2.28. The second-order valence-electron chi connectivity index (χ2n) is 3.06. The zero-order valence-corrected chi connectivity index (χ0v) is 8.54. The maximum atomic E-state index is 12.5. The number of esters is 1. The highest BCUT2D eigenvalue weighted by atomic mass is 19.3. The van der Waals surface area contributed by atoms with Crippen molar-refractivity contribution < 1.29 is 18.3 Å². The van der Waals surface area contributed by atoms with Crippen LogP contribution in [0.15, 0.2) is 6.07 Å². The monoisotopic (exact) mass is 231 g/mol. The smallest absolute Gasteiger partial charge is 0.311 e. The number of nitrogen functional groups attached to an aromatic ring is 2. The number of hydrogen-bond acceptors (Lipinski definition) is 5. The summed E-state index contributed by atoms with van der Waals surface area (Å²) in [5.74, 6) is -0.586. The standard InChI is InChI=1S/C9H11F2N3O2/c1-16-6(15)3-4-2-5(12)7(13)8(14-4)9(10)11/h2,9H,3,13H2,1H3,(H2,12,14). The van der Waals surface area contributed by atoms with Gasteiger partial charge in [-0.15, -0.1) is 0 Å². The first-order valence-electron chi connectivity index (χ1n) is 4.35. The predicted octanol–water partition coefficient (Wildman–Crippen LogP) is 0.899. The maximum Gasteiger partial charge on any atom is 0.311 e. The summed E-state index contributed by atoms with van der Waals surface area (Å²) in [6, 6.07) is 1.28. The van der Waals surface area contributed by atoms with Crippen molar-refractivity contribution in [2.75, 3.05) is 18.6 Å². The molecule has 0 saturated heterocycles. The van der Waals surface area contributed by atoms with Gasteiger partial charge in [-0.2, -0.15) is 0 Å². The van der Waals surface area contributed by atoms with E-state index >= 15 is 0 Å². The fourth-order valence-corrected chi connectivity index (χ4v) is 1.13. The van der Waals surface area contributed by atoms with E-state index in [-0.39, 0.29) is 23.5 Å². The Bertz CT molecular complexity index is 410. The highest BCUT2D eigenvalue weighted by molar-refractivity contribution is 5.74. The number of hydrogen-bond donors (Lipinski definition) is 2. The van der Waals surface area contributed by atoms with Crippen LogP contribution in [0.2, 0.25) is 0 Å². The molecule has 5 nitrogen and oxygen atoms in total. The second-order valence-corrected chi connectivity index (χ2v) is 3.06. The average Bonchev–Trinajstić information content (AvgIpc) is 2.22. The van der Waals surface area contributed by atoms with Gasteiger partial charge in [-0.3, -0.25) is 4.79 Å². The van der Waals surface area contributed by atoms with Gasteiger partial charge in [-0.25, -0.2) is 13.8 Å². The molecule has 0 aliphatic carbocycles. The van der Waals surface area contributed by atoms with Crippen molar-refractivity contribution >= 4 is 17.3 Å². The molecule has 0 fully saturated rings. The lowest BCUT2D eigenvalue weighted by Gasteiger charge is -2.09. The molecule has 0 atom stereocenters. The molecular weight excluding hydrogens is 220 g/mol. The number of pyridine rings is 1. The van der Waals surface area contributed by atoms with E-state index in [1.165, 1.54) is 13.2 Å². The predicted molar refractivity (Wildman–Crippen MR) is 53.7 cm³/mol. The van der Waals surface area contributed by atoms with Gasteiger partial charge in [0.05, 0.1) is 30.6 Å².